The van der Waals surface area contributed by atoms with Crippen molar-refractivity contribution in [1.82, 2.24) is 4.90 Å². The molecule has 0 saturated heterocycles. The van der Waals surface area contributed by atoms with E-state index in [9.17, 15) is 5.11 Å². The lowest BCUT2D eigenvalue weighted by Crippen LogP contribution is -2.41. The second kappa shape index (κ2) is 11.2. The summed E-state index contributed by atoms with van der Waals surface area (Å²) < 4.78 is 0. The number of aliphatic hydroxyl groups is 1. The molecule has 0 fully saturated rings. The summed E-state index contributed by atoms with van der Waals surface area (Å²) in [7, 11) is 0. The summed E-state index contributed by atoms with van der Waals surface area (Å²) in [5, 5.41) is 13.9. The highest BCUT2D eigenvalue weighted by Gasteiger charge is 2.23. The fourth-order valence-electron chi connectivity index (χ4n) is 4.63. The van der Waals surface area contributed by atoms with E-state index in [0.29, 0.717) is 6.54 Å². The number of hydrogen-bond acceptors (Lipinski definition) is 3. The first-order valence-electron chi connectivity index (χ1n) is 12.5. The van der Waals surface area contributed by atoms with E-state index in [4.69, 9.17) is 0 Å². The van der Waals surface area contributed by atoms with Gasteiger partial charge in [-0.25, -0.2) is 0 Å². The van der Waals surface area contributed by atoms with Gasteiger partial charge in [-0.05, 0) is 100 Å². The summed E-state index contributed by atoms with van der Waals surface area (Å²) in [5.74, 6) is 0. The molecule has 0 aliphatic carbocycles. The van der Waals surface area contributed by atoms with Crippen LogP contribution in [0, 0.1) is 6.92 Å². The molecule has 0 aromatic heterocycles. The topological polar surface area (TPSA) is 35.5 Å². The fourth-order valence-corrected chi connectivity index (χ4v) is 4.63. The van der Waals surface area contributed by atoms with E-state index in [1.165, 1.54) is 44.7 Å². The molecule has 1 aliphatic heterocycles. The summed E-state index contributed by atoms with van der Waals surface area (Å²) >= 11 is 0. The molecule has 0 spiro atoms. The summed E-state index contributed by atoms with van der Waals surface area (Å²) in [4.78, 5) is 2.34. The van der Waals surface area contributed by atoms with Gasteiger partial charge >= 0.3 is 0 Å². The van der Waals surface area contributed by atoms with Crippen LogP contribution in [0.25, 0.3) is 5.57 Å². The zero-order valence-electron chi connectivity index (χ0n) is 22.1. The lowest BCUT2D eigenvalue weighted by molar-refractivity contribution is 0.0318. The summed E-state index contributed by atoms with van der Waals surface area (Å²) in [6.07, 6.45) is 8.77. The van der Waals surface area contributed by atoms with Crippen LogP contribution in [0.1, 0.15) is 70.2 Å². The van der Waals surface area contributed by atoms with E-state index in [-0.39, 0.29) is 0 Å². The molecule has 34 heavy (non-hydrogen) atoms. The normalized spacial score (nSPS) is 15.9. The minimum Gasteiger partial charge on any atom is -0.389 e. The molecule has 0 saturated carbocycles. The molecule has 0 radical (unpaired) electrons. The minimum atomic E-state index is -0.671. The Labute approximate surface area is 206 Å². The van der Waals surface area contributed by atoms with Gasteiger partial charge in [0.1, 0.15) is 0 Å². The van der Waals surface area contributed by atoms with Crippen molar-refractivity contribution >= 4 is 16.9 Å². The number of aryl methyl sites for hydroxylation is 1. The van der Waals surface area contributed by atoms with Crippen molar-refractivity contribution in [2.24, 2.45) is 0 Å². The van der Waals surface area contributed by atoms with Crippen molar-refractivity contribution < 1.29 is 5.11 Å². The van der Waals surface area contributed by atoms with Gasteiger partial charge in [-0.2, -0.15) is 0 Å². The van der Waals surface area contributed by atoms with E-state index in [1.54, 1.807) is 0 Å². The van der Waals surface area contributed by atoms with Crippen LogP contribution in [0.5, 0.6) is 0 Å². The molecule has 2 aromatic carbocycles. The molecule has 0 bridgehead atoms. The van der Waals surface area contributed by atoms with Gasteiger partial charge < -0.3 is 10.4 Å². The van der Waals surface area contributed by atoms with Crippen LogP contribution >= 0.6 is 0 Å². The number of nitrogens with zero attached hydrogens (tertiary/aromatic N) is 1. The molecule has 0 atom stereocenters. The molecular weight excluding hydrogens is 416 g/mol. The zero-order chi connectivity index (χ0) is 24.9. The molecule has 3 nitrogen and oxygen atoms in total. The second-order valence-electron chi connectivity index (χ2n) is 10.5. The van der Waals surface area contributed by atoms with Gasteiger partial charge in [0.05, 0.1) is 5.60 Å². The maximum Gasteiger partial charge on any atom is 0.0718 e. The molecule has 2 N–H and O–H groups in total. The lowest BCUT2D eigenvalue weighted by atomic mass is 9.96. The van der Waals surface area contributed by atoms with Crippen molar-refractivity contribution in [2.45, 2.75) is 73.5 Å². The van der Waals surface area contributed by atoms with Crippen molar-refractivity contribution in [3.8, 4) is 0 Å². The van der Waals surface area contributed by atoms with Crippen LogP contribution < -0.4 is 5.32 Å². The highest BCUT2D eigenvalue weighted by molar-refractivity contribution is 5.74. The van der Waals surface area contributed by atoms with Crippen LogP contribution in [0.3, 0.4) is 0 Å². The van der Waals surface area contributed by atoms with E-state index >= 15 is 0 Å². The first kappa shape index (κ1) is 26.0. The van der Waals surface area contributed by atoms with Gasteiger partial charge in [0.15, 0.2) is 0 Å². The number of fused-ring (bicyclic) bond motifs is 1. The Hall–Kier alpha value is -2.62. The largest absolute Gasteiger partial charge is 0.389 e. The third kappa shape index (κ3) is 7.19. The number of β-amino-alcohol motifs (C(OH)–C–C–N with tert-alkyl or cyclic N) is 1. The van der Waals surface area contributed by atoms with Crippen LogP contribution in [-0.4, -0.2) is 28.7 Å². The predicted molar refractivity (Wildman–Crippen MR) is 148 cm³/mol. The molecule has 182 valence electrons. The SMILES string of the molecule is CCC(C)=C/C(C)=C\C=C(/C)c1cc(Nc2cccc3c2CCN(CC(C)(C)O)C3)ccc1C. The summed E-state index contributed by atoms with van der Waals surface area (Å²) in [6.45, 7) is 17.2. The van der Waals surface area contributed by atoms with Gasteiger partial charge in [-0.1, -0.05) is 54.5 Å². The zero-order valence-corrected chi connectivity index (χ0v) is 22.1. The second-order valence-corrected chi connectivity index (χ2v) is 10.5. The van der Waals surface area contributed by atoms with Gasteiger partial charge in [-0.3, -0.25) is 4.90 Å². The van der Waals surface area contributed by atoms with Crippen molar-refractivity contribution in [1.29, 1.82) is 0 Å². The van der Waals surface area contributed by atoms with E-state index in [2.05, 4.69) is 99.5 Å². The number of hydrogen-bond donors (Lipinski definition) is 2. The highest BCUT2D eigenvalue weighted by atomic mass is 16.3. The Balaban J connectivity index is 1.81. The van der Waals surface area contributed by atoms with Gasteiger partial charge in [0.2, 0.25) is 0 Å². The monoisotopic (exact) mass is 458 g/mol. The highest BCUT2D eigenvalue weighted by Crippen LogP contribution is 2.31. The summed E-state index contributed by atoms with van der Waals surface area (Å²) in [5.41, 5.74) is 10.9. The van der Waals surface area contributed by atoms with Crippen molar-refractivity contribution in [3.05, 3.63) is 88.0 Å². The third-order valence-corrected chi connectivity index (χ3v) is 6.52. The van der Waals surface area contributed by atoms with Crippen LogP contribution in [0.15, 0.2) is 65.8 Å². The van der Waals surface area contributed by atoms with Crippen LogP contribution in [-0.2, 0) is 13.0 Å². The van der Waals surface area contributed by atoms with Crippen molar-refractivity contribution in [2.75, 3.05) is 18.4 Å². The Morgan fingerprint density at radius 3 is 2.59 bits per heavy atom. The smallest absolute Gasteiger partial charge is 0.0718 e. The van der Waals surface area contributed by atoms with Gasteiger partial charge in [-0.15, -0.1) is 0 Å². The van der Waals surface area contributed by atoms with Crippen LogP contribution in [0.2, 0.25) is 0 Å². The third-order valence-electron chi connectivity index (χ3n) is 6.52. The molecule has 2 aromatic rings. The molecule has 3 rings (SSSR count). The van der Waals surface area contributed by atoms with Crippen molar-refractivity contribution in [3.63, 3.8) is 0 Å². The molecule has 0 amide bonds. The average Bonchev–Trinajstić information content (AvgIpc) is 2.77. The fraction of sp³-hybridized carbons (Fsp3) is 0.419. The van der Waals surface area contributed by atoms with E-state index < -0.39 is 5.60 Å². The number of anilines is 2. The Kier molecular flexibility index (Phi) is 8.57. The molecular formula is C31H42N2O. The maximum absolute atomic E-state index is 10.2. The first-order valence-corrected chi connectivity index (χ1v) is 12.5. The molecule has 1 aliphatic rings. The minimum absolute atomic E-state index is 0.671. The Morgan fingerprint density at radius 1 is 1.12 bits per heavy atom. The standard InChI is InChI=1S/C31H42N2O/c1-8-22(2)18-23(3)12-13-24(4)29-19-27(15-14-25(29)5)32-30-11-9-10-26-20-33(17-16-28(26)30)21-31(6,7)34/h9-15,18-19,32,34H,8,16-17,20-21H2,1-7H3/b22-18?,23-12-,24-13+. The quantitative estimate of drug-likeness (QED) is 0.400. The number of rotatable bonds is 8. The average molecular weight is 459 g/mol. The van der Waals surface area contributed by atoms with E-state index in [1.807, 2.05) is 13.8 Å². The molecule has 0 unspecified atom stereocenters. The molecule has 1 heterocycles. The van der Waals surface area contributed by atoms with Gasteiger partial charge in [0.25, 0.3) is 0 Å². The Morgan fingerprint density at radius 2 is 1.88 bits per heavy atom. The predicted octanol–water partition coefficient (Wildman–Crippen LogP) is 7.57. The number of allylic oxidation sites excluding steroid dienone is 6. The number of nitrogens with one attached hydrogen (secondary N) is 1. The maximum atomic E-state index is 10.2. The van der Waals surface area contributed by atoms with Crippen LogP contribution in [0.4, 0.5) is 11.4 Å². The van der Waals surface area contributed by atoms with Gasteiger partial charge in [0, 0.05) is 31.0 Å². The first-order chi connectivity index (χ1) is 16.1. The molecule has 3 heteroatoms. The number of benzene rings is 2. The lowest BCUT2D eigenvalue weighted by Gasteiger charge is -2.34. The summed E-state index contributed by atoms with van der Waals surface area (Å²) in [6, 6.07) is 13.2. The Bertz CT molecular complexity index is 1100. The van der Waals surface area contributed by atoms with E-state index in [0.717, 1.165) is 31.6 Å².